The Labute approximate surface area is 111 Å². The number of nitrogens with zero attached hydrogens (tertiary/aromatic N) is 1. The van der Waals surface area contributed by atoms with E-state index in [2.05, 4.69) is 24.1 Å². The third-order valence-corrected chi connectivity index (χ3v) is 2.42. The van der Waals surface area contributed by atoms with E-state index in [0.29, 0.717) is 18.2 Å². The van der Waals surface area contributed by atoms with Crippen molar-refractivity contribution in [1.29, 1.82) is 0 Å². The smallest absolute Gasteiger partial charge is 0.425 e. The van der Waals surface area contributed by atoms with Crippen molar-refractivity contribution in [2.75, 3.05) is 6.54 Å². The maximum absolute atomic E-state index is 12.4. The number of hydrogen-bond donors (Lipinski definition) is 1. The molecular weight excluding hydrogens is 257 g/mol. The highest BCUT2D eigenvalue weighted by Crippen LogP contribution is 2.24. The van der Waals surface area contributed by atoms with E-state index in [-0.39, 0.29) is 5.75 Å². The standard InChI is InChI=1S/C13H19F3N2O/c1-9(2)7-17-8-11-6-12(4-5-18-11)19-10(3)13(14,15)16/h4-6,9-10,17H,7-8H2,1-3H3. The lowest BCUT2D eigenvalue weighted by Crippen LogP contribution is -2.31. The fourth-order valence-electron chi connectivity index (χ4n) is 1.39. The molecule has 0 saturated carbocycles. The van der Waals surface area contributed by atoms with Gasteiger partial charge < -0.3 is 10.1 Å². The molecule has 1 aromatic heterocycles. The second kappa shape index (κ2) is 6.75. The second-order valence-electron chi connectivity index (χ2n) is 4.81. The van der Waals surface area contributed by atoms with E-state index in [9.17, 15) is 13.2 Å². The van der Waals surface area contributed by atoms with Crippen LogP contribution in [0.3, 0.4) is 0 Å². The fraction of sp³-hybridized carbons (Fsp3) is 0.615. The lowest BCUT2D eigenvalue weighted by Gasteiger charge is -2.17. The molecule has 0 aliphatic carbocycles. The molecule has 0 spiro atoms. The molecule has 19 heavy (non-hydrogen) atoms. The minimum atomic E-state index is -4.36. The Balaban J connectivity index is 2.57. The van der Waals surface area contributed by atoms with Gasteiger partial charge in [-0.05, 0) is 25.5 Å². The van der Waals surface area contributed by atoms with Gasteiger partial charge in [0.1, 0.15) is 5.75 Å². The molecule has 3 nitrogen and oxygen atoms in total. The van der Waals surface area contributed by atoms with Gasteiger partial charge in [-0.3, -0.25) is 4.98 Å². The summed E-state index contributed by atoms with van der Waals surface area (Å²) >= 11 is 0. The summed E-state index contributed by atoms with van der Waals surface area (Å²) in [6.45, 7) is 6.47. The van der Waals surface area contributed by atoms with E-state index in [4.69, 9.17) is 4.74 Å². The van der Waals surface area contributed by atoms with Crippen LogP contribution in [0.2, 0.25) is 0 Å². The summed E-state index contributed by atoms with van der Waals surface area (Å²) in [7, 11) is 0. The zero-order chi connectivity index (χ0) is 14.5. The van der Waals surface area contributed by atoms with Crippen LogP contribution < -0.4 is 10.1 Å². The molecule has 1 rings (SSSR count). The van der Waals surface area contributed by atoms with Crippen molar-refractivity contribution >= 4 is 0 Å². The molecule has 0 aliphatic rings. The van der Waals surface area contributed by atoms with Crippen LogP contribution in [0.1, 0.15) is 26.5 Å². The first-order chi connectivity index (χ1) is 8.79. The number of ether oxygens (including phenoxy) is 1. The topological polar surface area (TPSA) is 34.1 Å². The van der Waals surface area contributed by atoms with Gasteiger partial charge in [0.2, 0.25) is 0 Å². The zero-order valence-corrected chi connectivity index (χ0v) is 11.3. The van der Waals surface area contributed by atoms with Crippen LogP contribution in [-0.2, 0) is 6.54 Å². The van der Waals surface area contributed by atoms with Gasteiger partial charge in [0.05, 0.1) is 5.69 Å². The van der Waals surface area contributed by atoms with Crippen molar-refractivity contribution in [2.45, 2.75) is 39.6 Å². The van der Waals surface area contributed by atoms with Crippen LogP contribution in [0.5, 0.6) is 5.75 Å². The lowest BCUT2D eigenvalue weighted by molar-refractivity contribution is -0.189. The zero-order valence-electron chi connectivity index (χ0n) is 11.3. The highest BCUT2D eigenvalue weighted by atomic mass is 19.4. The van der Waals surface area contributed by atoms with Crippen LogP contribution in [-0.4, -0.2) is 23.8 Å². The molecule has 0 bridgehead atoms. The van der Waals surface area contributed by atoms with Crippen molar-refractivity contribution < 1.29 is 17.9 Å². The van der Waals surface area contributed by atoms with Crippen molar-refractivity contribution in [3.63, 3.8) is 0 Å². The summed E-state index contributed by atoms with van der Waals surface area (Å²) in [5, 5.41) is 3.17. The van der Waals surface area contributed by atoms with E-state index in [1.807, 2.05) is 0 Å². The summed E-state index contributed by atoms with van der Waals surface area (Å²) < 4.78 is 42.0. The predicted molar refractivity (Wildman–Crippen MR) is 66.9 cm³/mol. The quantitative estimate of drug-likeness (QED) is 0.866. The van der Waals surface area contributed by atoms with Crippen molar-refractivity contribution in [3.05, 3.63) is 24.0 Å². The van der Waals surface area contributed by atoms with Gasteiger partial charge in [-0.2, -0.15) is 13.2 Å². The molecule has 0 aromatic carbocycles. The fourth-order valence-corrected chi connectivity index (χ4v) is 1.39. The summed E-state index contributed by atoms with van der Waals surface area (Å²) in [5.74, 6) is 0.686. The van der Waals surface area contributed by atoms with Gasteiger partial charge >= 0.3 is 6.18 Å². The monoisotopic (exact) mass is 276 g/mol. The molecule has 1 aromatic rings. The first-order valence-corrected chi connectivity index (χ1v) is 6.18. The number of pyridine rings is 1. The number of hydrogen-bond acceptors (Lipinski definition) is 3. The summed E-state index contributed by atoms with van der Waals surface area (Å²) in [5.41, 5.74) is 0.660. The Morgan fingerprint density at radius 1 is 1.32 bits per heavy atom. The minimum Gasteiger partial charge on any atom is -0.481 e. The van der Waals surface area contributed by atoms with Crippen LogP contribution in [0.4, 0.5) is 13.2 Å². The van der Waals surface area contributed by atoms with Gasteiger partial charge in [-0.15, -0.1) is 0 Å². The Morgan fingerprint density at radius 3 is 2.58 bits per heavy atom. The molecule has 1 heterocycles. The lowest BCUT2D eigenvalue weighted by atomic mass is 10.2. The van der Waals surface area contributed by atoms with Crippen LogP contribution >= 0.6 is 0 Å². The molecule has 0 aliphatic heterocycles. The number of rotatable bonds is 6. The first-order valence-electron chi connectivity index (χ1n) is 6.18. The maximum Gasteiger partial charge on any atom is 0.425 e. The van der Waals surface area contributed by atoms with Gasteiger partial charge in [0.15, 0.2) is 6.10 Å². The van der Waals surface area contributed by atoms with Crippen molar-refractivity contribution in [3.8, 4) is 5.75 Å². The Kier molecular flexibility index (Phi) is 5.60. The van der Waals surface area contributed by atoms with Crippen LogP contribution in [0.15, 0.2) is 18.3 Å². The van der Waals surface area contributed by atoms with Gasteiger partial charge in [0, 0.05) is 18.8 Å². The second-order valence-corrected chi connectivity index (χ2v) is 4.81. The van der Waals surface area contributed by atoms with Gasteiger partial charge in [-0.25, -0.2) is 0 Å². The Morgan fingerprint density at radius 2 is 2.00 bits per heavy atom. The van der Waals surface area contributed by atoms with E-state index in [1.54, 1.807) is 0 Å². The Hall–Kier alpha value is -1.30. The average Bonchev–Trinajstić information content (AvgIpc) is 2.27. The van der Waals surface area contributed by atoms with Gasteiger partial charge in [-0.1, -0.05) is 13.8 Å². The maximum atomic E-state index is 12.4. The summed E-state index contributed by atoms with van der Waals surface area (Å²) in [6.07, 6.45) is -4.74. The first kappa shape index (κ1) is 15.8. The molecular formula is C13H19F3N2O. The third-order valence-electron chi connectivity index (χ3n) is 2.42. The van der Waals surface area contributed by atoms with Crippen LogP contribution in [0, 0.1) is 5.92 Å². The van der Waals surface area contributed by atoms with E-state index < -0.39 is 12.3 Å². The van der Waals surface area contributed by atoms with Crippen LogP contribution in [0.25, 0.3) is 0 Å². The molecule has 1 unspecified atom stereocenters. The third kappa shape index (κ3) is 5.92. The van der Waals surface area contributed by atoms with E-state index in [1.165, 1.54) is 18.3 Å². The largest absolute Gasteiger partial charge is 0.481 e. The van der Waals surface area contributed by atoms with E-state index >= 15 is 0 Å². The Bertz CT molecular complexity index is 394. The highest BCUT2D eigenvalue weighted by molar-refractivity contribution is 5.23. The molecule has 6 heteroatoms. The number of aromatic nitrogens is 1. The molecule has 108 valence electrons. The van der Waals surface area contributed by atoms with Crippen molar-refractivity contribution in [1.82, 2.24) is 10.3 Å². The summed E-state index contributed by atoms with van der Waals surface area (Å²) in [6, 6.07) is 2.95. The highest BCUT2D eigenvalue weighted by Gasteiger charge is 2.38. The number of alkyl halides is 3. The molecule has 1 N–H and O–H groups in total. The van der Waals surface area contributed by atoms with Gasteiger partial charge in [0.25, 0.3) is 0 Å². The minimum absolute atomic E-state index is 0.182. The normalized spacial score (nSPS) is 13.6. The molecule has 0 radical (unpaired) electrons. The molecule has 0 amide bonds. The number of nitrogens with one attached hydrogen (secondary N) is 1. The molecule has 0 fully saturated rings. The molecule has 0 saturated heterocycles. The SMILES string of the molecule is CC(C)CNCc1cc(OC(C)C(F)(F)F)ccn1. The van der Waals surface area contributed by atoms with E-state index in [0.717, 1.165) is 13.5 Å². The van der Waals surface area contributed by atoms with Crippen molar-refractivity contribution in [2.24, 2.45) is 5.92 Å². The average molecular weight is 276 g/mol. The number of halogens is 3. The predicted octanol–water partition coefficient (Wildman–Crippen LogP) is 3.16. The molecule has 1 atom stereocenters. The summed E-state index contributed by atoms with van der Waals surface area (Å²) in [4.78, 5) is 4.08.